The molecular formula is C25H27ClF3N5O3S. The van der Waals surface area contributed by atoms with Gasteiger partial charge in [-0.25, -0.2) is 23.4 Å². The normalized spacial score (nSPS) is 20.4. The minimum absolute atomic E-state index is 0.0160. The molecule has 2 aromatic heterocycles. The fraction of sp³-hybridized carbons (Fsp3) is 0.400. The molecule has 0 spiro atoms. The van der Waals surface area contributed by atoms with Crippen molar-refractivity contribution in [2.45, 2.75) is 55.3 Å². The highest BCUT2D eigenvalue weighted by atomic mass is 35.5. The Kier molecular flexibility index (Phi) is 8.15. The molecule has 1 aromatic carbocycles. The highest BCUT2D eigenvalue weighted by Crippen LogP contribution is 2.40. The molecule has 1 N–H and O–H groups in total. The number of likely N-dealkylation sites (N-methyl/N-ethyl adjacent to an activating group) is 1. The Hall–Kier alpha value is -2.96. The van der Waals surface area contributed by atoms with Crippen molar-refractivity contribution in [3.05, 3.63) is 70.8 Å². The monoisotopic (exact) mass is 569 g/mol. The third-order valence-electron chi connectivity index (χ3n) is 6.53. The van der Waals surface area contributed by atoms with Gasteiger partial charge in [-0.2, -0.15) is 13.2 Å². The van der Waals surface area contributed by atoms with E-state index in [2.05, 4.69) is 19.7 Å². The average molecular weight is 570 g/mol. The predicted octanol–water partition coefficient (Wildman–Crippen LogP) is 5.30. The van der Waals surface area contributed by atoms with Gasteiger partial charge >= 0.3 is 6.18 Å². The molecule has 0 bridgehead atoms. The number of halogens is 4. The number of nitrogens with one attached hydrogen (secondary N) is 1. The van der Waals surface area contributed by atoms with Crippen LogP contribution in [0.25, 0.3) is 0 Å². The van der Waals surface area contributed by atoms with Gasteiger partial charge in [0.2, 0.25) is 5.88 Å². The van der Waals surface area contributed by atoms with Crippen molar-refractivity contribution in [2.75, 3.05) is 18.8 Å². The maximum Gasteiger partial charge on any atom is 0.416 e. The lowest BCUT2D eigenvalue weighted by atomic mass is 9.79. The second kappa shape index (κ2) is 11.0. The summed E-state index contributed by atoms with van der Waals surface area (Å²) < 4.78 is 74.2. The van der Waals surface area contributed by atoms with Gasteiger partial charge in [0.25, 0.3) is 10.0 Å². The summed E-state index contributed by atoms with van der Waals surface area (Å²) in [6, 6.07) is 7.92. The maximum absolute atomic E-state index is 13.3. The van der Waals surface area contributed by atoms with Crippen LogP contribution >= 0.6 is 11.6 Å². The first kappa shape index (κ1) is 28.1. The van der Waals surface area contributed by atoms with Crippen LogP contribution in [0.3, 0.4) is 0 Å². The quantitative estimate of drug-likeness (QED) is 0.412. The Morgan fingerprint density at radius 3 is 2.53 bits per heavy atom. The molecule has 3 aromatic rings. The molecule has 0 saturated heterocycles. The van der Waals surface area contributed by atoms with Crippen molar-refractivity contribution in [2.24, 2.45) is 0 Å². The van der Waals surface area contributed by atoms with E-state index in [1.165, 1.54) is 36.8 Å². The summed E-state index contributed by atoms with van der Waals surface area (Å²) in [5, 5.41) is 0.0542. The minimum atomic E-state index is -4.48. The van der Waals surface area contributed by atoms with Gasteiger partial charge in [-0.1, -0.05) is 11.6 Å². The van der Waals surface area contributed by atoms with Crippen LogP contribution in [0.4, 0.5) is 19.0 Å². The van der Waals surface area contributed by atoms with Crippen molar-refractivity contribution in [3.8, 4) is 5.88 Å². The SMILES string of the molecule is Cc1nc(O[C@H]2CC[C@H](c3cc(Cl)cc(C(F)(F)F)c3)C[C@@H]2N(C)C)ccc1S(=O)(=O)Nc1ccncn1. The molecule has 2 heterocycles. The van der Waals surface area contributed by atoms with Crippen molar-refractivity contribution < 1.29 is 26.3 Å². The molecule has 1 aliphatic rings. The first-order chi connectivity index (χ1) is 17.8. The number of alkyl halides is 3. The number of aromatic nitrogens is 3. The van der Waals surface area contributed by atoms with Gasteiger partial charge in [-0.3, -0.25) is 4.72 Å². The van der Waals surface area contributed by atoms with E-state index in [-0.39, 0.29) is 45.4 Å². The van der Waals surface area contributed by atoms with Gasteiger partial charge in [-0.15, -0.1) is 0 Å². The van der Waals surface area contributed by atoms with Crippen molar-refractivity contribution >= 4 is 27.4 Å². The lowest BCUT2D eigenvalue weighted by Crippen LogP contribution is -2.46. The number of ether oxygens (including phenoxy) is 1. The Morgan fingerprint density at radius 1 is 1.13 bits per heavy atom. The lowest BCUT2D eigenvalue weighted by molar-refractivity contribution is -0.137. The molecule has 8 nitrogen and oxygen atoms in total. The van der Waals surface area contributed by atoms with Gasteiger partial charge in [0.15, 0.2) is 0 Å². The third-order valence-corrected chi connectivity index (χ3v) is 8.24. The van der Waals surface area contributed by atoms with Crippen LogP contribution in [0, 0.1) is 6.92 Å². The number of hydrogen-bond acceptors (Lipinski definition) is 7. The van der Waals surface area contributed by atoms with E-state index in [1.807, 2.05) is 19.0 Å². The molecule has 0 aliphatic heterocycles. The summed E-state index contributed by atoms with van der Waals surface area (Å²) in [5.74, 6) is 0.269. The number of benzene rings is 1. The van der Waals surface area contributed by atoms with Crippen LogP contribution in [-0.4, -0.2) is 54.5 Å². The number of pyridine rings is 1. The van der Waals surface area contributed by atoms with Gasteiger partial charge in [0.1, 0.15) is 23.1 Å². The molecule has 0 amide bonds. The summed E-state index contributed by atoms with van der Waals surface area (Å²) in [6.45, 7) is 1.57. The summed E-state index contributed by atoms with van der Waals surface area (Å²) >= 11 is 6.02. The molecule has 0 radical (unpaired) electrons. The topological polar surface area (TPSA) is 97.3 Å². The number of nitrogens with zero attached hydrogens (tertiary/aromatic N) is 4. The fourth-order valence-corrected chi connectivity index (χ4v) is 6.12. The molecular weight excluding hydrogens is 543 g/mol. The van der Waals surface area contributed by atoms with Crippen LogP contribution in [-0.2, 0) is 16.2 Å². The predicted molar refractivity (Wildman–Crippen MR) is 137 cm³/mol. The van der Waals surface area contributed by atoms with Crippen molar-refractivity contribution in [1.82, 2.24) is 19.9 Å². The molecule has 1 fully saturated rings. The van der Waals surface area contributed by atoms with E-state index in [0.717, 1.165) is 6.07 Å². The average Bonchev–Trinajstić information content (AvgIpc) is 2.83. The minimum Gasteiger partial charge on any atom is -0.473 e. The van der Waals surface area contributed by atoms with E-state index in [4.69, 9.17) is 16.3 Å². The van der Waals surface area contributed by atoms with Crippen LogP contribution in [0.2, 0.25) is 5.02 Å². The van der Waals surface area contributed by atoms with E-state index in [1.54, 1.807) is 13.0 Å². The molecule has 0 unspecified atom stereocenters. The van der Waals surface area contributed by atoms with Crippen LogP contribution in [0.5, 0.6) is 5.88 Å². The summed E-state index contributed by atoms with van der Waals surface area (Å²) in [7, 11) is -0.162. The first-order valence-corrected chi connectivity index (χ1v) is 13.7. The third kappa shape index (κ3) is 6.54. The van der Waals surface area contributed by atoms with Crippen molar-refractivity contribution in [1.29, 1.82) is 0 Å². The zero-order valence-electron chi connectivity index (χ0n) is 20.9. The van der Waals surface area contributed by atoms with E-state index in [9.17, 15) is 21.6 Å². The van der Waals surface area contributed by atoms with Gasteiger partial charge in [0.05, 0.1) is 11.3 Å². The number of aryl methyl sites for hydroxylation is 1. The molecule has 38 heavy (non-hydrogen) atoms. The smallest absolute Gasteiger partial charge is 0.416 e. The van der Waals surface area contributed by atoms with Gasteiger partial charge in [0, 0.05) is 23.3 Å². The molecule has 4 rings (SSSR count). The molecule has 204 valence electrons. The Bertz CT molecular complexity index is 1390. The number of anilines is 1. The first-order valence-electron chi connectivity index (χ1n) is 11.8. The Morgan fingerprint density at radius 2 is 1.89 bits per heavy atom. The summed E-state index contributed by atoms with van der Waals surface area (Å²) in [5.41, 5.74) is 0.0382. The zero-order valence-corrected chi connectivity index (χ0v) is 22.5. The number of rotatable bonds is 7. The lowest BCUT2D eigenvalue weighted by Gasteiger charge is -2.39. The number of hydrogen-bond donors (Lipinski definition) is 1. The molecule has 3 atom stereocenters. The number of sulfonamides is 1. The second-order valence-electron chi connectivity index (χ2n) is 9.40. The van der Waals surface area contributed by atoms with Crippen LogP contribution in [0.15, 0.2) is 53.8 Å². The van der Waals surface area contributed by atoms with Crippen LogP contribution in [0.1, 0.15) is 42.0 Å². The summed E-state index contributed by atoms with van der Waals surface area (Å²) in [6.07, 6.45) is -0.394. The molecule has 1 aliphatic carbocycles. The summed E-state index contributed by atoms with van der Waals surface area (Å²) in [4.78, 5) is 14.0. The van der Waals surface area contributed by atoms with Crippen LogP contribution < -0.4 is 9.46 Å². The Balaban J connectivity index is 1.50. The largest absolute Gasteiger partial charge is 0.473 e. The van der Waals surface area contributed by atoms with E-state index < -0.39 is 21.8 Å². The van der Waals surface area contributed by atoms with Gasteiger partial charge < -0.3 is 9.64 Å². The second-order valence-corrected chi connectivity index (χ2v) is 11.5. The van der Waals surface area contributed by atoms with Gasteiger partial charge in [-0.05, 0) is 82.1 Å². The highest BCUT2D eigenvalue weighted by molar-refractivity contribution is 7.92. The van der Waals surface area contributed by atoms with E-state index >= 15 is 0 Å². The molecule has 1 saturated carbocycles. The highest BCUT2D eigenvalue weighted by Gasteiger charge is 2.36. The Labute approximate surface area is 224 Å². The maximum atomic E-state index is 13.3. The standard InChI is InChI=1S/C25H27ClF3N5O3S/c1-15-22(38(35,36)33-23-8-9-30-14-31-23)6-7-24(32-15)37-21-5-4-16(12-20(21)34(2)3)17-10-18(25(27,28)29)13-19(26)11-17/h6-11,13-14,16,20-21H,4-5,12H2,1-3H3,(H,30,31,33)/t16-,20-,21-/m0/s1. The fourth-order valence-electron chi connectivity index (χ4n) is 4.69. The molecule has 13 heteroatoms. The van der Waals surface area contributed by atoms with Crippen molar-refractivity contribution in [3.63, 3.8) is 0 Å². The zero-order chi connectivity index (χ0) is 27.7. The van der Waals surface area contributed by atoms with E-state index in [0.29, 0.717) is 24.8 Å².